The molecule has 7 nitrogen and oxygen atoms in total. The van der Waals surface area contributed by atoms with Crippen LogP contribution in [0, 0.1) is 0 Å². The van der Waals surface area contributed by atoms with Crippen molar-refractivity contribution >= 4 is 39.0 Å². The number of fused-ring (bicyclic) bond motifs is 1. The molecule has 3 heterocycles. The van der Waals surface area contributed by atoms with Gasteiger partial charge in [-0.2, -0.15) is 13.2 Å². The van der Waals surface area contributed by atoms with E-state index in [9.17, 15) is 18.3 Å². The Hall–Kier alpha value is -3.47. The van der Waals surface area contributed by atoms with E-state index in [4.69, 9.17) is 10.3 Å². The third-order valence-electron chi connectivity index (χ3n) is 4.04. The Labute approximate surface area is 165 Å². The fraction of sp³-hybridized carbons (Fsp3) is 0.111. The zero-order valence-corrected chi connectivity index (χ0v) is 15.6. The normalized spacial score (nSPS) is 12.6. The number of hydrogen-bond donors (Lipinski definition) is 1. The van der Waals surface area contributed by atoms with Crippen LogP contribution >= 0.6 is 11.3 Å². The van der Waals surface area contributed by atoms with Crippen molar-refractivity contribution in [3.8, 4) is 11.3 Å². The maximum atomic E-state index is 13.7. The van der Waals surface area contributed by atoms with Crippen molar-refractivity contribution in [1.29, 1.82) is 0 Å². The van der Waals surface area contributed by atoms with Gasteiger partial charge in [0.2, 0.25) is 0 Å². The molecule has 0 aliphatic heterocycles. The average Bonchev–Trinajstić information content (AvgIpc) is 3.24. The van der Waals surface area contributed by atoms with E-state index in [2.05, 4.69) is 15.2 Å². The minimum atomic E-state index is -4.68. The Morgan fingerprint density at radius 3 is 2.62 bits per heavy atom. The first-order valence-electron chi connectivity index (χ1n) is 8.18. The molecule has 11 heteroatoms. The van der Waals surface area contributed by atoms with Crippen LogP contribution in [0.15, 0.2) is 52.1 Å². The van der Waals surface area contributed by atoms with E-state index in [1.165, 1.54) is 10.9 Å². The number of hydrogen-bond acceptors (Lipinski definition) is 7. The number of aliphatic imine (C=N–C) groups is 1. The highest BCUT2D eigenvalue weighted by molar-refractivity contribution is 7.21. The lowest BCUT2D eigenvalue weighted by Crippen LogP contribution is -2.27. The molecule has 0 aliphatic rings. The Balaban J connectivity index is 1.93. The van der Waals surface area contributed by atoms with Crippen LogP contribution in [0.4, 0.5) is 24.7 Å². The molecule has 0 amide bonds. The number of nitrogen functional groups attached to an aromatic ring is 1. The summed E-state index contributed by atoms with van der Waals surface area (Å²) >= 11 is 0.749. The van der Waals surface area contributed by atoms with E-state index < -0.39 is 17.6 Å². The first-order chi connectivity index (χ1) is 13.7. The summed E-state index contributed by atoms with van der Waals surface area (Å²) in [6, 6.07) is 9.37. The van der Waals surface area contributed by atoms with Gasteiger partial charge in [-0.1, -0.05) is 35.0 Å². The van der Waals surface area contributed by atoms with Crippen LogP contribution in [-0.2, 0) is 13.2 Å². The van der Waals surface area contributed by atoms with Crippen molar-refractivity contribution in [2.45, 2.75) is 6.18 Å². The number of thiophene rings is 1. The Morgan fingerprint density at radius 1 is 1.28 bits per heavy atom. The van der Waals surface area contributed by atoms with Gasteiger partial charge in [0.1, 0.15) is 4.83 Å². The zero-order chi connectivity index (χ0) is 20.8. The average molecular weight is 419 g/mol. The summed E-state index contributed by atoms with van der Waals surface area (Å²) in [6.07, 6.45) is -3.34. The van der Waals surface area contributed by atoms with Crippen LogP contribution in [-0.4, -0.2) is 16.2 Å². The predicted molar refractivity (Wildman–Crippen MR) is 98.3 cm³/mol. The van der Waals surface area contributed by atoms with Gasteiger partial charge in [0.25, 0.3) is 6.20 Å². The molecular formula is C18H12F3N5O2S. The molecule has 1 aromatic carbocycles. The molecule has 0 fully saturated rings. The monoisotopic (exact) mass is 419 g/mol. The Bertz CT molecular complexity index is 1230. The molecule has 0 saturated heterocycles. The summed E-state index contributed by atoms with van der Waals surface area (Å²) in [4.78, 5) is 7.86. The Kier molecular flexibility index (Phi) is 4.46. The lowest BCUT2D eigenvalue weighted by molar-refractivity contribution is -0.739. The van der Waals surface area contributed by atoms with Crippen LogP contribution in [0.25, 0.3) is 21.5 Å². The van der Waals surface area contributed by atoms with Crippen LogP contribution in [0.2, 0.25) is 0 Å². The van der Waals surface area contributed by atoms with Crippen molar-refractivity contribution in [2.75, 3.05) is 5.73 Å². The molecule has 148 valence electrons. The topological polar surface area (TPSA) is 104 Å². The molecule has 0 saturated carbocycles. The molecular weight excluding hydrogens is 407 g/mol. The van der Waals surface area contributed by atoms with Gasteiger partial charge < -0.3 is 10.8 Å². The minimum Gasteiger partial charge on any atom is -0.857 e. The largest absolute Gasteiger partial charge is 0.857 e. The number of aromatic nitrogens is 3. The molecule has 0 radical (unpaired) electrons. The number of pyridine rings is 1. The molecule has 3 aromatic heterocycles. The lowest BCUT2D eigenvalue weighted by atomic mass is 10.1. The molecule has 2 N–H and O–H groups in total. The Morgan fingerprint density at radius 2 is 2.00 bits per heavy atom. The molecule has 0 aliphatic carbocycles. The van der Waals surface area contributed by atoms with Gasteiger partial charge in [-0.3, -0.25) is 4.52 Å². The van der Waals surface area contributed by atoms with Crippen LogP contribution < -0.4 is 15.5 Å². The number of anilines is 1. The van der Waals surface area contributed by atoms with Gasteiger partial charge in [0.15, 0.2) is 12.3 Å². The highest BCUT2D eigenvalue weighted by Crippen LogP contribution is 2.43. The molecule has 0 unspecified atom stereocenters. The van der Waals surface area contributed by atoms with E-state index in [0.29, 0.717) is 5.56 Å². The zero-order valence-electron chi connectivity index (χ0n) is 14.8. The van der Waals surface area contributed by atoms with Crippen LogP contribution in [0.1, 0.15) is 10.4 Å². The van der Waals surface area contributed by atoms with Gasteiger partial charge in [-0.05, 0) is 6.07 Å². The number of nitrogens with zero attached hydrogens (tertiary/aromatic N) is 4. The summed E-state index contributed by atoms with van der Waals surface area (Å²) in [5, 5.41) is 15.7. The van der Waals surface area contributed by atoms with Gasteiger partial charge in [0, 0.05) is 16.8 Å². The molecule has 29 heavy (non-hydrogen) atoms. The summed E-state index contributed by atoms with van der Waals surface area (Å²) in [6.45, 7) is 0. The summed E-state index contributed by atoms with van der Waals surface area (Å²) in [5.41, 5.74) is 5.29. The van der Waals surface area contributed by atoms with Gasteiger partial charge in [-0.25, -0.2) is 9.98 Å². The summed E-state index contributed by atoms with van der Waals surface area (Å²) in [7, 11) is 1.56. The molecule has 4 rings (SSSR count). The predicted octanol–water partition coefficient (Wildman–Crippen LogP) is 2.82. The van der Waals surface area contributed by atoms with Crippen molar-refractivity contribution < 1.29 is 27.5 Å². The van der Waals surface area contributed by atoms with E-state index in [1.54, 1.807) is 37.4 Å². The second-order valence-electron chi connectivity index (χ2n) is 6.07. The number of aryl methyl sites for hydroxylation is 1. The van der Waals surface area contributed by atoms with Crippen molar-refractivity contribution in [3.05, 3.63) is 53.0 Å². The fourth-order valence-electron chi connectivity index (χ4n) is 2.77. The molecule has 4 aromatic rings. The van der Waals surface area contributed by atoms with Crippen molar-refractivity contribution in [3.63, 3.8) is 0 Å². The van der Waals surface area contributed by atoms with Gasteiger partial charge in [-0.15, -0.1) is 11.3 Å². The van der Waals surface area contributed by atoms with E-state index in [0.717, 1.165) is 17.4 Å². The second-order valence-corrected chi connectivity index (χ2v) is 7.07. The quantitative estimate of drug-likeness (QED) is 0.312. The van der Waals surface area contributed by atoms with Crippen LogP contribution in [0.5, 0.6) is 0 Å². The van der Waals surface area contributed by atoms with Crippen LogP contribution in [0.3, 0.4) is 0 Å². The number of benzene rings is 1. The number of nitrogens with two attached hydrogens (primary N) is 1. The number of alkyl halides is 3. The van der Waals surface area contributed by atoms with E-state index >= 15 is 0 Å². The fourth-order valence-corrected chi connectivity index (χ4v) is 3.78. The summed E-state index contributed by atoms with van der Waals surface area (Å²) < 4.78 is 47.3. The maximum absolute atomic E-state index is 13.7. The van der Waals surface area contributed by atoms with Crippen molar-refractivity contribution in [1.82, 2.24) is 10.3 Å². The van der Waals surface area contributed by atoms with Gasteiger partial charge >= 0.3 is 12.1 Å². The molecule has 0 bridgehead atoms. The van der Waals surface area contributed by atoms with Gasteiger partial charge in [0.05, 0.1) is 21.8 Å². The SMILES string of the molecule is C[n+]1cc(/N=C(\[O-])c2sc3nc(-c4ccccc4)cc(C(F)(F)F)c3c2N)on1. The van der Waals surface area contributed by atoms with E-state index in [1.807, 2.05) is 0 Å². The third kappa shape index (κ3) is 3.51. The number of halogens is 3. The third-order valence-corrected chi connectivity index (χ3v) is 5.13. The smallest absolute Gasteiger partial charge is 0.417 e. The molecule has 0 atom stereocenters. The first-order valence-corrected chi connectivity index (χ1v) is 9.00. The highest BCUT2D eigenvalue weighted by atomic mass is 32.1. The minimum absolute atomic E-state index is 0.00199. The molecule has 0 spiro atoms. The van der Waals surface area contributed by atoms with E-state index in [-0.39, 0.29) is 32.4 Å². The highest BCUT2D eigenvalue weighted by Gasteiger charge is 2.35. The summed E-state index contributed by atoms with van der Waals surface area (Å²) in [5.74, 6) is -0.931. The second kappa shape index (κ2) is 6.85. The standard InChI is InChI=1S/C18H12F3N5O2S/c1-26-8-12(28-25-26)24-16(27)15-14(22)13-10(18(19,20)21)7-11(23-17(13)29-15)9-5-3-2-4-6-9/h2-8H,1H3,(H2-,22,24,25,27). The maximum Gasteiger partial charge on any atom is 0.417 e. The number of rotatable bonds is 3. The first kappa shape index (κ1) is 18.9. The lowest BCUT2D eigenvalue weighted by Gasteiger charge is -2.12. The van der Waals surface area contributed by atoms with Crippen molar-refractivity contribution in [2.24, 2.45) is 12.0 Å².